The fourth-order valence-electron chi connectivity index (χ4n) is 1.52. The monoisotopic (exact) mass is 232 g/mol. The Morgan fingerprint density at radius 1 is 1.12 bits per heavy atom. The van der Waals surface area contributed by atoms with Crippen molar-refractivity contribution in [1.82, 2.24) is 4.98 Å². The lowest BCUT2D eigenvalue weighted by Crippen LogP contribution is -2.12. The Morgan fingerprint density at radius 3 is 2.50 bits per heavy atom. The summed E-state index contributed by atoms with van der Waals surface area (Å²) in [6.45, 7) is 0. The molecule has 0 bridgehead atoms. The number of aromatic nitrogens is 1. The number of amides is 1. The van der Waals surface area contributed by atoms with Crippen LogP contribution in [0.2, 0.25) is 5.15 Å². The zero-order valence-electron chi connectivity index (χ0n) is 8.35. The zero-order chi connectivity index (χ0) is 11.5. The average molecular weight is 233 g/mol. The number of carbonyl (C=O) groups is 1. The number of primary amides is 1. The first-order valence-electron chi connectivity index (χ1n) is 4.70. The summed E-state index contributed by atoms with van der Waals surface area (Å²) in [5, 5.41) is 0.358. The van der Waals surface area contributed by atoms with Crippen molar-refractivity contribution >= 4 is 17.5 Å². The van der Waals surface area contributed by atoms with Crippen LogP contribution in [0.5, 0.6) is 0 Å². The first kappa shape index (κ1) is 10.6. The van der Waals surface area contributed by atoms with Crippen molar-refractivity contribution in [3.8, 4) is 11.1 Å². The van der Waals surface area contributed by atoms with Crippen LogP contribution in [0.4, 0.5) is 0 Å². The minimum atomic E-state index is -0.476. The smallest absolute Gasteiger partial charge is 0.249 e. The van der Waals surface area contributed by atoms with Crippen LogP contribution < -0.4 is 5.73 Å². The van der Waals surface area contributed by atoms with Gasteiger partial charge < -0.3 is 5.73 Å². The van der Waals surface area contributed by atoms with Gasteiger partial charge in [0, 0.05) is 17.3 Å². The Labute approximate surface area is 97.9 Å². The highest BCUT2D eigenvalue weighted by Gasteiger charge is 2.11. The lowest BCUT2D eigenvalue weighted by Gasteiger charge is -2.07. The van der Waals surface area contributed by atoms with Crippen molar-refractivity contribution in [2.75, 3.05) is 0 Å². The van der Waals surface area contributed by atoms with Gasteiger partial charge in [0.05, 0.1) is 0 Å². The minimum Gasteiger partial charge on any atom is -0.366 e. The van der Waals surface area contributed by atoms with Crippen LogP contribution in [0.15, 0.2) is 42.6 Å². The van der Waals surface area contributed by atoms with E-state index in [4.69, 9.17) is 17.3 Å². The summed E-state index contributed by atoms with van der Waals surface area (Å²) in [5.74, 6) is -0.476. The van der Waals surface area contributed by atoms with Crippen LogP contribution in [0, 0.1) is 0 Å². The third-order valence-electron chi connectivity index (χ3n) is 2.24. The summed E-state index contributed by atoms with van der Waals surface area (Å²) in [6.07, 6.45) is 1.60. The third kappa shape index (κ3) is 1.90. The molecule has 2 N–H and O–H groups in total. The van der Waals surface area contributed by atoms with E-state index in [0.717, 1.165) is 0 Å². The molecule has 1 heterocycles. The molecule has 0 aliphatic rings. The molecule has 0 saturated heterocycles. The molecule has 16 heavy (non-hydrogen) atoms. The van der Waals surface area contributed by atoms with E-state index in [0.29, 0.717) is 21.8 Å². The maximum Gasteiger partial charge on any atom is 0.249 e. The van der Waals surface area contributed by atoms with E-state index < -0.39 is 5.91 Å². The molecule has 80 valence electrons. The van der Waals surface area contributed by atoms with Crippen molar-refractivity contribution in [3.63, 3.8) is 0 Å². The van der Waals surface area contributed by atoms with Gasteiger partial charge in [0.1, 0.15) is 5.15 Å². The Bertz CT molecular complexity index is 540. The van der Waals surface area contributed by atoms with E-state index >= 15 is 0 Å². The van der Waals surface area contributed by atoms with Gasteiger partial charge in [0.25, 0.3) is 0 Å². The summed E-state index contributed by atoms with van der Waals surface area (Å²) in [7, 11) is 0. The summed E-state index contributed by atoms with van der Waals surface area (Å²) in [5.41, 5.74) is 7.15. The maximum absolute atomic E-state index is 11.3. The number of nitrogens with zero attached hydrogens (tertiary/aromatic N) is 1. The molecular formula is C12H9ClN2O. The maximum atomic E-state index is 11.3. The van der Waals surface area contributed by atoms with E-state index in [2.05, 4.69) is 4.98 Å². The zero-order valence-corrected chi connectivity index (χ0v) is 9.11. The fraction of sp³-hybridized carbons (Fsp3) is 0. The van der Waals surface area contributed by atoms with Gasteiger partial charge >= 0.3 is 0 Å². The normalized spacial score (nSPS) is 10.1. The number of carbonyl (C=O) groups excluding carboxylic acids is 1. The van der Waals surface area contributed by atoms with Crippen LogP contribution in [-0.4, -0.2) is 10.9 Å². The molecule has 0 spiro atoms. The average Bonchev–Trinajstić information content (AvgIpc) is 2.29. The van der Waals surface area contributed by atoms with E-state index in [1.54, 1.807) is 36.5 Å². The molecule has 0 saturated carbocycles. The van der Waals surface area contributed by atoms with Crippen LogP contribution in [0.3, 0.4) is 0 Å². The number of hydrogen-bond donors (Lipinski definition) is 1. The molecule has 2 rings (SSSR count). The molecule has 1 aromatic carbocycles. The second-order valence-corrected chi connectivity index (χ2v) is 3.61. The van der Waals surface area contributed by atoms with Gasteiger partial charge in [-0.1, -0.05) is 29.8 Å². The molecule has 0 aliphatic carbocycles. The lowest BCUT2D eigenvalue weighted by atomic mass is 10.0. The summed E-state index contributed by atoms with van der Waals surface area (Å²) < 4.78 is 0. The van der Waals surface area contributed by atoms with Crippen LogP contribution >= 0.6 is 11.6 Å². The third-order valence-corrected chi connectivity index (χ3v) is 2.54. The molecule has 0 unspecified atom stereocenters. The molecule has 4 heteroatoms. The molecule has 0 aliphatic heterocycles. The molecule has 0 atom stereocenters. The second-order valence-electron chi connectivity index (χ2n) is 3.25. The SMILES string of the molecule is NC(=O)c1ccccc1-c1cccnc1Cl. The molecule has 2 aromatic rings. The fourth-order valence-corrected chi connectivity index (χ4v) is 1.74. The highest BCUT2D eigenvalue weighted by molar-refractivity contribution is 6.32. The van der Waals surface area contributed by atoms with E-state index in [1.807, 2.05) is 6.07 Å². The Balaban J connectivity index is 2.65. The molecule has 1 amide bonds. The number of hydrogen-bond acceptors (Lipinski definition) is 2. The largest absolute Gasteiger partial charge is 0.366 e. The number of pyridine rings is 1. The van der Waals surface area contributed by atoms with E-state index in [1.165, 1.54) is 0 Å². The van der Waals surface area contributed by atoms with Gasteiger partial charge in [-0.3, -0.25) is 4.79 Å². The minimum absolute atomic E-state index is 0.358. The standard InChI is InChI=1S/C12H9ClN2O/c13-11-9(6-3-7-15-11)8-4-1-2-5-10(8)12(14)16/h1-7H,(H2,14,16). The van der Waals surface area contributed by atoms with Gasteiger partial charge in [-0.05, 0) is 23.8 Å². The van der Waals surface area contributed by atoms with Crippen molar-refractivity contribution in [2.24, 2.45) is 5.73 Å². The van der Waals surface area contributed by atoms with Gasteiger partial charge in [-0.25, -0.2) is 4.98 Å². The summed E-state index contributed by atoms with van der Waals surface area (Å²) >= 11 is 5.97. The van der Waals surface area contributed by atoms with Crippen molar-refractivity contribution in [1.29, 1.82) is 0 Å². The predicted octanol–water partition coefficient (Wildman–Crippen LogP) is 2.50. The van der Waals surface area contributed by atoms with Crippen LogP contribution in [0.1, 0.15) is 10.4 Å². The Kier molecular flexibility index (Phi) is 2.88. The first-order chi connectivity index (χ1) is 7.70. The van der Waals surface area contributed by atoms with Gasteiger partial charge in [0.2, 0.25) is 5.91 Å². The highest BCUT2D eigenvalue weighted by Crippen LogP contribution is 2.28. The topological polar surface area (TPSA) is 56.0 Å². The number of benzene rings is 1. The molecule has 0 radical (unpaired) electrons. The van der Waals surface area contributed by atoms with Gasteiger partial charge in [0.15, 0.2) is 0 Å². The van der Waals surface area contributed by atoms with Crippen molar-refractivity contribution in [3.05, 3.63) is 53.3 Å². The van der Waals surface area contributed by atoms with Gasteiger partial charge in [-0.15, -0.1) is 0 Å². The lowest BCUT2D eigenvalue weighted by molar-refractivity contribution is 0.100. The van der Waals surface area contributed by atoms with Crippen LogP contribution in [0.25, 0.3) is 11.1 Å². The first-order valence-corrected chi connectivity index (χ1v) is 5.07. The summed E-state index contributed by atoms with van der Waals surface area (Å²) in [4.78, 5) is 15.2. The van der Waals surface area contributed by atoms with E-state index in [9.17, 15) is 4.79 Å². The second kappa shape index (κ2) is 4.33. The number of nitrogens with two attached hydrogens (primary N) is 1. The van der Waals surface area contributed by atoms with Gasteiger partial charge in [-0.2, -0.15) is 0 Å². The Hall–Kier alpha value is -1.87. The van der Waals surface area contributed by atoms with E-state index in [-0.39, 0.29) is 0 Å². The molecule has 3 nitrogen and oxygen atoms in total. The quantitative estimate of drug-likeness (QED) is 0.809. The van der Waals surface area contributed by atoms with Crippen molar-refractivity contribution < 1.29 is 4.79 Å². The Morgan fingerprint density at radius 2 is 1.81 bits per heavy atom. The molecule has 1 aromatic heterocycles. The predicted molar refractivity (Wildman–Crippen MR) is 63.2 cm³/mol. The van der Waals surface area contributed by atoms with Crippen LogP contribution in [-0.2, 0) is 0 Å². The number of rotatable bonds is 2. The number of halogens is 1. The summed E-state index contributed by atoms with van der Waals surface area (Å²) in [6, 6.07) is 10.6. The highest BCUT2D eigenvalue weighted by atomic mass is 35.5. The van der Waals surface area contributed by atoms with Crippen molar-refractivity contribution in [2.45, 2.75) is 0 Å². The molecule has 0 fully saturated rings. The molecular weight excluding hydrogens is 224 g/mol.